The van der Waals surface area contributed by atoms with Crippen molar-refractivity contribution < 1.29 is 9.53 Å². The SMILES string of the molecule is CCOC(=O)C(C)(CN)Cc1ccc(C)cc1. The first kappa shape index (κ1) is 13.7. The molecule has 1 atom stereocenters. The quantitative estimate of drug-likeness (QED) is 0.795. The van der Waals surface area contributed by atoms with Gasteiger partial charge in [0.1, 0.15) is 0 Å². The molecule has 0 saturated heterocycles. The summed E-state index contributed by atoms with van der Waals surface area (Å²) in [4.78, 5) is 11.9. The summed E-state index contributed by atoms with van der Waals surface area (Å²) in [6.45, 7) is 6.38. The Hall–Kier alpha value is -1.35. The van der Waals surface area contributed by atoms with Gasteiger partial charge >= 0.3 is 5.97 Å². The summed E-state index contributed by atoms with van der Waals surface area (Å²) < 4.78 is 5.07. The minimum Gasteiger partial charge on any atom is -0.466 e. The van der Waals surface area contributed by atoms with Gasteiger partial charge in [0.2, 0.25) is 0 Å². The highest BCUT2D eigenvalue weighted by atomic mass is 16.5. The predicted molar refractivity (Wildman–Crippen MR) is 68.7 cm³/mol. The minimum absolute atomic E-state index is 0.219. The molecule has 3 heteroatoms. The summed E-state index contributed by atoms with van der Waals surface area (Å²) in [5, 5.41) is 0. The zero-order valence-electron chi connectivity index (χ0n) is 10.8. The van der Waals surface area contributed by atoms with E-state index in [1.807, 2.05) is 38.1 Å². The predicted octanol–water partition coefficient (Wildman–Crippen LogP) is 2.07. The summed E-state index contributed by atoms with van der Waals surface area (Å²) in [7, 11) is 0. The third-order valence-electron chi connectivity index (χ3n) is 2.93. The highest BCUT2D eigenvalue weighted by molar-refractivity contribution is 5.77. The monoisotopic (exact) mass is 235 g/mol. The van der Waals surface area contributed by atoms with Gasteiger partial charge in [-0.3, -0.25) is 4.79 Å². The third-order valence-corrected chi connectivity index (χ3v) is 2.93. The standard InChI is InChI=1S/C14H21NO2/c1-4-17-13(16)14(3,10-15)9-12-7-5-11(2)6-8-12/h5-8H,4,9-10,15H2,1-3H3. The Balaban J connectivity index is 2.81. The highest BCUT2D eigenvalue weighted by Gasteiger charge is 2.33. The zero-order valence-corrected chi connectivity index (χ0v) is 10.8. The molecule has 1 aromatic carbocycles. The molecule has 3 nitrogen and oxygen atoms in total. The Morgan fingerprint density at radius 3 is 2.41 bits per heavy atom. The first-order valence-corrected chi connectivity index (χ1v) is 5.94. The molecule has 0 radical (unpaired) electrons. The van der Waals surface area contributed by atoms with Crippen molar-refractivity contribution in [1.82, 2.24) is 0 Å². The molecule has 94 valence electrons. The minimum atomic E-state index is -0.634. The molecule has 17 heavy (non-hydrogen) atoms. The molecule has 0 heterocycles. The Morgan fingerprint density at radius 1 is 1.35 bits per heavy atom. The van der Waals surface area contributed by atoms with Gasteiger partial charge in [0, 0.05) is 6.54 Å². The number of ether oxygens (including phenoxy) is 1. The van der Waals surface area contributed by atoms with E-state index in [-0.39, 0.29) is 5.97 Å². The van der Waals surface area contributed by atoms with Crippen LogP contribution in [0.15, 0.2) is 24.3 Å². The number of rotatable bonds is 5. The lowest BCUT2D eigenvalue weighted by Crippen LogP contribution is -2.39. The van der Waals surface area contributed by atoms with Crippen LogP contribution in [0.3, 0.4) is 0 Å². The van der Waals surface area contributed by atoms with E-state index < -0.39 is 5.41 Å². The topological polar surface area (TPSA) is 52.3 Å². The number of hydrogen-bond acceptors (Lipinski definition) is 3. The van der Waals surface area contributed by atoms with Gasteiger partial charge in [-0.1, -0.05) is 29.8 Å². The lowest BCUT2D eigenvalue weighted by molar-refractivity contribution is -0.153. The van der Waals surface area contributed by atoms with Gasteiger partial charge < -0.3 is 10.5 Å². The molecule has 1 unspecified atom stereocenters. The lowest BCUT2D eigenvalue weighted by Gasteiger charge is -2.25. The number of aryl methyl sites for hydroxylation is 1. The maximum absolute atomic E-state index is 11.9. The van der Waals surface area contributed by atoms with Crippen LogP contribution in [0.5, 0.6) is 0 Å². The van der Waals surface area contributed by atoms with Crippen molar-refractivity contribution in [2.24, 2.45) is 11.1 Å². The van der Waals surface area contributed by atoms with E-state index in [2.05, 4.69) is 0 Å². The fraction of sp³-hybridized carbons (Fsp3) is 0.500. The van der Waals surface area contributed by atoms with E-state index in [9.17, 15) is 4.79 Å². The number of nitrogens with two attached hydrogens (primary N) is 1. The summed E-state index contributed by atoms with van der Waals surface area (Å²) in [6.07, 6.45) is 0.614. The van der Waals surface area contributed by atoms with E-state index in [4.69, 9.17) is 10.5 Å². The van der Waals surface area contributed by atoms with Gasteiger partial charge in [-0.25, -0.2) is 0 Å². The van der Waals surface area contributed by atoms with Gasteiger partial charge in [-0.05, 0) is 32.8 Å². The molecular weight excluding hydrogens is 214 g/mol. The summed E-state index contributed by atoms with van der Waals surface area (Å²) in [5.74, 6) is -0.219. The van der Waals surface area contributed by atoms with Crippen molar-refractivity contribution in [3.63, 3.8) is 0 Å². The largest absolute Gasteiger partial charge is 0.466 e. The van der Waals surface area contributed by atoms with E-state index in [1.165, 1.54) is 5.56 Å². The molecule has 1 aromatic rings. The maximum atomic E-state index is 11.9. The molecule has 0 fully saturated rings. The Kier molecular flexibility index (Phi) is 4.70. The average molecular weight is 235 g/mol. The van der Waals surface area contributed by atoms with Crippen LogP contribution in [0.2, 0.25) is 0 Å². The molecule has 0 aromatic heterocycles. The molecule has 0 bridgehead atoms. The van der Waals surface area contributed by atoms with Crippen LogP contribution in [0, 0.1) is 12.3 Å². The summed E-state index contributed by atoms with van der Waals surface area (Å²) in [5.41, 5.74) is 7.40. The second kappa shape index (κ2) is 5.82. The van der Waals surface area contributed by atoms with Crippen molar-refractivity contribution >= 4 is 5.97 Å². The summed E-state index contributed by atoms with van der Waals surface area (Å²) >= 11 is 0. The van der Waals surface area contributed by atoms with Gasteiger partial charge in [-0.2, -0.15) is 0 Å². The second-order valence-electron chi connectivity index (χ2n) is 4.65. The Morgan fingerprint density at radius 2 is 1.94 bits per heavy atom. The maximum Gasteiger partial charge on any atom is 0.313 e. The molecule has 0 aliphatic rings. The fourth-order valence-corrected chi connectivity index (χ4v) is 1.69. The molecular formula is C14H21NO2. The number of carbonyl (C=O) groups excluding carboxylic acids is 1. The number of hydrogen-bond donors (Lipinski definition) is 1. The highest BCUT2D eigenvalue weighted by Crippen LogP contribution is 2.23. The van der Waals surface area contributed by atoms with Crippen LogP contribution in [0.1, 0.15) is 25.0 Å². The van der Waals surface area contributed by atoms with Gasteiger partial charge in [0.15, 0.2) is 0 Å². The lowest BCUT2D eigenvalue weighted by atomic mass is 9.83. The van der Waals surface area contributed by atoms with Gasteiger partial charge in [0.05, 0.1) is 12.0 Å². The van der Waals surface area contributed by atoms with Crippen molar-refractivity contribution in [3.05, 3.63) is 35.4 Å². The van der Waals surface area contributed by atoms with E-state index in [0.29, 0.717) is 19.6 Å². The Labute approximate surface area is 103 Å². The number of carbonyl (C=O) groups is 1. The normalized spacial score (nSPS) is 14.1. The van der Waals surface area contributed by atoms with Crippen LogP contribution in [0.4, 0.5) is 0 Å². The fourth-order valence-electron chi connectivity index (χ4n) is 1.69. The number of esters is 1. The van der Waals surface area contributed by atoms with E-state index >= 15 is 0 Å². The molecule has 0 spiro atoms. The van der Waals surface area contributed by atoms with Crippen LogP contribution in [-0.4, -0.2) is 19.1 Å². The molecule has 0 aliphatic heterocycles. The van der Waals surface area contributed by atoms with Crippen molar-refractivity contribution in [1.29, 1.82) is 0 Å². The van der Waals surface area contributed by atoms with E-state index in [1.54, 1.807) is 6.92 Å². The van der Waals surface area contributed by atoms with E-state index in [0.717, 1.165) is 5.56 Å². The van der Waals surface area contributed by atoms with Crippen LogP contribution >= 0.6 is 0 Å². The van der Waals surface area contributed by atoms with Gasteiger partial charge in [0.25, 0.3) is 0 Å². The smallest absolute Gasteiger partial charge is 0.313 e. The zero-order chi connectivity index (χ0) is 12.9. The Bertz CT molecular complexity index is 372. The molecule has 1 rings (SSSR count). The molecule has 0 saturated carbocycles. The summed E-state index contributed by atoms with van der Waals surface area (Å²) in [6, 6.07) is 8.14. The molecule has 2 N–H and O–H groups in total. The molecule has 0 amide bonds. The number of benzene rings is 1. The average Bonchev–Trinajstić information content (AvgIpc) is 2.32. The molecule has 0 aliphatic carbocycles. The van der Waals surface area contributed by atoms with Crippen LogP contribution < -0.4 is 5.73 Å². The van der Waals surface area contributed by atoms with Gasteiger partial charge in [-0.15, -0.1) is 0 Å². The third kappa shape index (κ3) is 3.56. The first-order valence-electron chi connectivity index (χ1n) is 5.94. The first-order chi connectivity index (χ1) is 8.01. The van der Waals surface area contributed by atoms with Crippen molar-refractivity contribution in [2.75, 3.05) is 13.2 Å². The van der Waals surface area contributed by atoms with Crippen molar-refractivity contribution in [3.8, 4) is 0 Å². The van der Waals surface area contributed by atoms with Crippen molar-refractivity contribution in [2.45, 2.75) is 27.2 Å². The van der Waals surface area contributed by atoms with Crippen LogP contribution in [-0.2, 0) is 16.0 Å². The van der Waals surface area contributed by atoms with Crippen LogP contribution in [0.25, 0.3) is 0 Å². The second-order valence-corrected chi connectivity index (χ2v) is 4.65.